The fraction of sp³-hybridized carbons (Fsp3) is 0.353. The Kier molecular flexibility index (Phi) is 7.99. The summed E-state index contributed by atoms with van der Waals surface area (Å²) in [6, 6.07) is 10.8. The Morgan fingerprint density at radius 1 is 1.04 bits per heavy atom. The van der Waals surface area contributed by atoms with E-state index in [0.717, 1.165) is 29.7 Å². The van der Waals surface area contributed by atoms with Gasteiger partial charge in [-0.15, -0.1) is 11.3 Å². The van der Waals surface area contributed by atoms with Gasteiger partial charge in [0.15, 0.2) is 0 Å². The van der Waals surface area contributed by atoms with Crippen molar-refractivity contribution in [1.82, 2.24) is 14.5 Å². The average molecular weight is 626 g/mol. The largest absolute Gasteiger partial charge is 0.392 e. The molecule has 0 saturated carbocycles. The highest BCUT2D eigenvalue weighted by Crippen LogP contribution is 2.40. The van der Waals surface area contributed by atoms with Crippen molar-refractivity contribution >= 4 is 40.3 Å². The number of carbonyl (C=O) groups excluding carboxylic acids is 2. The molecule has 10 nitrogen and oxygen atoms in total. The first kappa shape index (κ1) is 29.4. The number of nitrogens with one attached hydrogen (secondary N) is 1. The van der Waals surface area contributed by atoms with E-state index in [1.165, 1.54) is 39.6 Å². The molecule has 3 aromatic heterocycles. The Morgan fingerprint density at radius 3 is 2.64 bits per heavy atom. The molecule has 2 aliphatic heterocycles. The molecule has 45 heavy (non-hydrogen) atoms. The van der Waals surface area contributed by atoms with Crippen molar-refractivity contribution in [3.8, 4) is 11.1 Å². The molecule has 1 fully saturated rings. The zero-order valence-electron chi connectivity index (χ0n) is 25.2. The lowest BCUT2D eigenvalue weighted by molar-refractivity contribution is 0.0302. The molecule has 0 bridgehead atoms. The fourth-order valence-corrected chi connectivity index (χ4v) is 8.03. The molecule has 3 aliphatic rings. The minimum Gasteiger partial charge on any atom is -0.392 e. The van der Waals surface area contributed by atoms with Crippen molar-refractivity contribution in [3.05, 3.63) is 91.2 Å². The van der Waals surface area contributed by atoms with E-state index in [2.05, 4.69) is 10.3 Å². The Bertz CT molecular complexity index is 1840. The summed E-state index contributed by atoms with van der Waals surface area (Å²) in [6.45, 7) is 2.41. The molecule has 0 radical (unpaired) electrons. The van der Waals surface area contributed by atoms with E-state index < -0.39 is 0 Å². The number of aliphatic hydroxyl groups is 1. The standard InChI is InChI=1S/C34H35N5O5S/c1-37-19-22(17-27(33(37)42)36-30-10-9-21(18-35-30)32(41)38-13-15-44-16-14-38)23-6-4-7-28(26(23)20-40)39-12-11-25-24-5-2-3-8-29(24)45-31(25)34(39)43/h4,6-7,9-10,17-19,40H,2-3,5,8,11-16,20H2,1H3,(H,35,36). The number of amides is 2. The Labute approximate surface area is 264 Å². The molecule has 1 aromatic carbocycles. The van der Waals surface area contributed by atoms with Gasteiger partial charge in [-0.2, -0.15) is 0 Å². The SMILES string of the molecule is Cn1cc(-c2cccc(N3CCc4c(sc5c4CCCC5)C3=O)c2CO)cc(Nc2ccc(C(=O)N3CCOCC3)cn2)c1=O. The minimum atomic E-state index is -0.269. The van der Waals surface area contributed by atoms with Gasteiger partial charge in [-0.05, 0) is 73.1 Å². The molecule has 7 rings (SSSR count). The molecule has 11 heteroatoms. The molecule has 0 unspecified atom stereocenters. The summed E-state index contributed by atoms with van der Waals surface area (Å²) in [5.41, 5.74) is 5.88. The summed E-state index contributed by atoms with van der Waals surface area (Å²) in [6.07, 6.45) is 8.50. The maximum atomic E-state index is 13.8. The van der Waals surface area contributed by atoms with Crippen LogP contribution in [0.4, 0.5) is 17.2 Å². The summed E-state index contributed by atoms with van der Waals surface area (Å²) in [5, 5.41) is 13.7. The molecular weight excluding hydrogens is 590 g/mol. The quantitative estimate of drug-likeness (QED) is 0.328. The third kappa shape index (κ3) is 5.45. The van der Waals surface area contributed by atoms with Crippen LogP contribution in [0.1, 0.15) is 54.4 Å². The second kappa shape index (κ2) is 12.2. The number of aliphatic hydroxyl groups excluding tert-OH is 1. The van der Waals surface area contributed by atoms with Crippen molar-refractivity contribution in [3.63, 3.8) is 0 Å². The van der Waals surface area contributed by atoms with E-state index in [9.17, 15) is 19.5 Å². The summed E-state index contributed by atoms with van der Waals surface area (Å²) in [4.78, 5) is 49.9. The summed E-state index contributed by atoms with van der Waals surface area (Å²) in [7, 11) is 1.67. The van der Waals surface area contributed by atoms with Gasteiger partial charge in [-0.25, -0.2) is 4.98 Å². The topological polar surface area (TPSA) is 117 Å². The van der Waals surface area contributed by atoms with Gasteiger partial charge in [0.2, 0.25) is 0 Å². The molecule has 2 amide bonds. The van der Waals surface area contributed by atoms with Crippen LogP contribution in [0.2, 0.25) is 0 Å². The summed E-state index contributed by atoms with van der Waals surface area (Å²) < 4.78 is 6.82. The number of morpholine rings is 1. The van der Waals surface area contributed by atoms with Crippen LogP contribution in [-0.4, -0.2) is 64.2 Å². The number of rotatable bonds is 6. The Balaban J connectivity index is 1.17. The average Bonchev–Trinajstić information content (AvgIpc) is 3.47. The highest BCUT2D eigenvalue weighted by atomic mass is 32.1. The smallest absolute Gasteiger partial charge is 0.274 e. The molecule has 0 atom stereocenters. The lowest BCUT2D eigenvalue weighted by atomic mass is 9.91. The third-order valence-corrected chi connectivity index (χ3v) is 10.3. The maximum absolute atomic E-state index is 13.8. The van der Waals surface area contributed by atoms with Crippen LogP contribution in [0.25, 0.3) is 11.1 Å². The van der Waals surface area contributed by atoms with Crippen LogP contribution >= 0.6 is 11.3 Å². The van der Waals surface area contributed by atoms with E-state index in [4.69, 9.17) is 4.74 Å². The highest BCUT2D eigenvalue weighted by molar-refractivity contribution is 7.14. The number of hydrogen-bond acceptors (Lipinski definition) is 8. The summed E-state index contributed by atoms with van der Waals surface area (Å²) in [5.74, 6) is 0.313. The number of anilines is 3. The molecule has 4 aromatic rings. The van der Waals surface area contributed by atoms with Crippen molar-refractivity contribution < 1.29 is 19.4 Å². The number of benzene rings is 1. The van der Waals surface area contributed by atoms with E-state index in [1.54, 1.807) is 52.6 Å². The number of hydrogen-bond donors (Lipinski definition) is 2. The second-order valence-corrected chi connectivity index (χ2v) is 12.8. The van der Waals surface area contributed by atoms with Crippen LogP contribution in [0, 0.1) is 0 Å². The van der Waals surface area contributed by atoms with Gasteiger partial charge in [-0.1, -0.05) is 12.1 Å². The Hall–Kier alpha value is -4.32. The minimum absolute atomic E-state index is 0.00746. The first-order valence-electron chi connectivity index (χ1n) is 15.4. The molecule has 5 heterocycles. The van der Waals surface area contributed by atoms with Crippen LogP contribution in [-0.2, 0) is 37.7 Å². The van der Waals surface area contributed by atoms with Crippen molar-refractivity contribution in [2.45, 2.75) is 38.7 Å². The number of pyridine rings is 2. The zero-order chi connectivity index (χ0) is 31.1. The number of ether oxygens (including phenoxy) is 1. The molecule has 2 N–H and O–H groups in total. The normalized spacial score (nSPS) is 16.4. The Morgan fingerprint density at radius 2 is 1.87 bits per heavy atom. The number of thiophene rings is 1. The number of nitrogens with zero attached hydrogens (tertiary/aromatic N) is 4. The number of fused-ring (bicyclic) bond motifs is 3. The van der Waals surface area contributed by atoms with Gasteiger partial charge in [0.25, 0.3) is 17.4 Å². The van der Waals surface area contributed by atoms with Gasteiger partial charge >= 0.3 is 0 Å². The molecule has 1 aliphatic carbocycles. The highest BCUT2D eigenvalue weighted by Gasteiger charge is 2.33. The van der Waals surface area contributed by atoms with Crippen LogP contribution in [0.5, 0.6) is 0 Å². The van der Waals surface area contributed by atoms with Crippen LogP contribution in [0.15, 0.2) is 53.6 Å². The lowest BCUT2D eigenvalue weighted by Crippen LogP contribution is -2.40. The van der Waals surface area contributed by atoms with Crippen molar-refractivity contribution in [2.75, 3.05) is 43.1 Å². The van der Waals surface area contributed by atoms with Crippen molar-refractivity contribution in [1.29, 1.82) is 0 Å². The van der Waals surface area contributed by atoms with Crippen LogP contribution < -0.4 is 15.8 Å². The third-order valence-electron chi connectivity index (χ3n) is 8.97. The van der Waals surface area contributed by atoms with Crippen molar-refractivity contribution in [2.24, 2.45) is 7.05 Å². The predicted octanol–water partition coefficient (Wildman–Crippen LogP) is 4.30. The molecule has 0 spiro atoms. The van der Waals surface area contributed by atoms with E-state index in [0.29, 0.717) is 66.7 Å². The van der Waals surface area contributed by atoms with Gasteiger partial charge in [0.05, 0.1) is 35.9 Å². The summed E-state index contributed by atoms with van der Waals surface area (Å²) >= 11 is 1.64. The first-order chi connectivity index (χ1) is 21.9. The van der Waals surface area contributed by atoms with E-state index >= 15 is 0 Å². The molecule has 1 saturated heterocycles. The van der Waals surface area contributed by atoms with Crippen LogP contribution in [0.3, 0.4) is 0 Å². The number of aromatic nitrogens is 2. The fourth-order valence-electron chi connectivity index (χ4n) is 6.64. The van der Waals surface area contributed by atoms with Gasteiger partial charge in [0, 0.05) is 55.1 Å². The zero-order valence-corrected chi connectivity index (χ0v) is 26.0. The molecule has 232 valence electrons. The molecular formula is C34H35N5O5S. The van der Waals surface area contributed by atoms with Gasteiger partial charge in [-0.3, -0.25) is 14.4 Å². The van der Waals surface area contributed by atoms with E-state index in [1.807, 2.05) is 18.2 Å². The van der Waals surface area contributed by atoms with Gasteiger partial charge < -0.3 is 29.5 Å². The first-order valence-corrected chi connectivity index (χ1v) is 16.2. The second-order valence-electron chi connectivity index (χ2n) is 11.7. The predicted molar refractivity (Wildman–Crippen MR) is 174 cm³/mol. The lowest BCUT2D eigenvalue weighted by Gasteiger charge is -2.30. The number of carbonyl (C=O) groups is 2. The monoisotopic (exact) mass is 625 g/mol. The maximum Gasteiger partial charge on any atom is 0.274 e. The van der Waals surface area contributed by atoms with E-state index in [-0.39, 0.29) is 24.0 Å². The number of aryl methyl sites for hydroxylation is 2. The van der Waals surface area contributed by atoms with Gasteiger partial charge in [0.1, 0.15) is 11.5 Å².